The second-order valence-electron chi connectivity index (χ2n) is 6.19. The summed E-state index contributed by atoms with van der Waals surface area (Å²) in [5, 5.41) is 5.19. The first-order valence-corrected chi connectivity index (χ1v) is 10.2. The number of Topliss-reactive ketones (excluding diaryl/α,β-unsaturated/α-hetero) is 1. The highest BCUT2D eigenvalue weighted by molar-refractivity contribution is 7.89. The van der Waals surface area contributed by atoms with Crippen LogP contribution in [0, 0.1) is 0 Å². The topological polar surface area (TPSA) is 113 Å². The molecule has 0 bridgehead atoms. The lowest BCUT2D eigenvalue weighted by Crippen LogP contribution is -2.44. The minimum atomic E-state index is -3.70. The Morgan fingerprint density at radius 3 is 2.26 bits per heavy atom. The molecule has 150 valence electrons. The molecule has 0 aromatic heterocycles. The van der Waals surface area contributed by atoms with Gasteiger partial charge in [0, 0.05) is 32.1 Å². The number of hydrogen-bond donors (Lipinski definition) is 2. The van der Waals surface area contributed by atoms with Gasteiger partial charge in [-0.3, -0.25) is 14.4 Å². The number of sulfonamides is 1. The Hall–Kier alpha value is -2.26. The van der Waals surface area contributed by atoms with Crippen molar-refractivity contribution in [2.24, 2.45) is 0 Å². The minimum absolute atomic E-state index is 0.0873. The monoisotopic (exact) mass is 397 g/mol. The van der Waals surface area contributed by atoms with Gasteiger partial charge in [-0.05, 0) is 39.3 Å². The van der Waals surface area contributed by atoms with Crippen molar-refractivity contribution in [1.82, 2.24) is 14.9 Å². The molecule has 1 rings (SSSR count). The number of hydrogen-bond acceptors (Lipinski definition) is 5. The van der Waals surface area contributed by atoms with E-state index >= 15 is 0 Å². The number of carbonyl (C=O) groups excluding carboxylic acids is 3. The zero-order valence-corrected chi connectivity index (χ0v) is 16.9. The summed E-state index contributed by atoms with van der Waals surface area (Å²) in [6, 6.07) is 5.09. The number of benzene rings is 1. The second kappa shape index (κ2) is 10.2. The van der Waals surface area contributed by atoms with Crippen LogP contribution in [-0.4, -0.2) is 56.5 Å². The summed E-state index contributed by atoms with van der Waals surface area (Å²) in [6.07, 6.45) is 0.419. The molecule has 1 aromatic rings. The summed E-state index contributed by atoms with van der Waals surface area (Å²) in [5.41, 5.74) is 0.439. The van der Waals surface area contributed by atoms with E-state index < -0.39 is 16.1 Å². The van der Waals surface area contributed by atoms with Gasteiger partial charge in [-0.2, -0.15) is 0 Å². The summed E-state index contributed by atoms with van der Waals surface area (Å²) in [7, 11) is -2.26. The molecule has 2 amide bonds. The molecule has 0 heterocycles. The standard InChI is InChI=1S/C18H27N3O5S/c1-5-19-18(24)13(2)20-17(23)7-6-12-21(4)27(25,26)16-10-8-15(9-11-16)14(3)22/h8-11,13H,5-7,12H2,1-4H3,(H,19,24)(H,20,23)/t13-/m1/s1. The first-order chi connectivity index (χ1) is 12.6. The van der Waals surface area contributed by atoms with Crippen LogP contribution in [0.1, 0.15) is 44.0 Å². The van der Waals surface area contributed by atoms with Gasteiger partial charge in [0.2, 0.25) is 21.8 Å². The van der Waals surface area contributed by atoms with Gasteiger partial charge in [-0.25, -0.2) is 12.7 Å². The van der Waals surface area contributed by atoms with Crippen molar-refractivity contribution < 1.29 is 22.8 Å². The molecule has 0 saturated heterocycles. The zero-order chi connectivity index (χ0) is 20.6. The van der Waals surface area contributed by atoms with Crippen LogP contribution in [0.25, 0.3) is 0 Å². The van der Waals surface area contributed by atoms with Crippen molar-refractivity contribution in [1.29, 1.82) is 0 Å². The van der Waals surface area contributed by atoms with Crippen molar-refractivity contribution in [2.45, 2.75) is 44.6 Å². The Kier molecular flexibility index (Phi) is 8.58. The number of rotatable bonds is 10. The molecule has 0 spiro atoms. The number of nitrogens with zero attached hydrogens (tertiary/aromatic N) is 1. The number of amides is 2. The van der Waals surface area contributed by atoms with Gasteiger partial charge in [0.25, 0.3) is 0 Å². The van der Waals surface area contributed by atoms with E-state index in [-0.39, 0.29) is 35.5 Å². The molecular formula is C18H27N3O5S. The maximum absolute atomic E-state index is 12.5. The zero-order valence-electron chi connectivity index (χ0n) is 16.1. The predicted molar refractivity (Wildman–Crippen MR) is 102 cm³/mol. The van der Waals surface area contributed by atoms with Crippen molar-refractivity contribution in [3.05, 3.63) is 29.8 Å². The normalized spacial score (nSPS) is 12.5. The van der Waals surface area contributed by atoms with Crippen LogP contribution in [0.5, 0.6) is 0 Å². The van der Waals surface area contributed by atoms with Crippen LogP contribution in [0.15, 0.2) is 29.2 Å². The van der Waals surface area contributed by atoms with E-state index in [4.69, 9.17) is 0 Å². The smallest absolute Gasteiger partial charge is 0.242 e. The highest BCUT2D eigenvalue weighted by Gasteiger charge is 2.21. The molecule has 8 nitrogen and oxygen atoms in total. The molecule has 0 aliphatic rings. The van der Waals surface area contributed by atoms with E-state index in [1.807, 2.05) is 0 Å². The summed E-state index contributed by atoms with van der Waals surface area (Å²) in [4.78, 5) is 34.8. The lowest BCUT2D eigenvalue weighted by atomic mass is 10.2. The van der Waals surface area contributed by atoms with Gasteiger partial charge in [-0.1, -0.05) is 12.1 Å². The van der Waals surface area contributed by atoms with E-state index in [0.717, 1.165) is 4.31 Å². The summed E-state index contributed by atoms with van der Waals surface area (Å²) in [6.45, 7) is 5.42. The fourth-order valence-electron chi connectivity index (χ4n) is 2.33. The highest BCUT2D eigenvalue weighted by Crippen LogP contribution is 2.16. The van der Waals surface area contributed by atoms with Crippen LogP contribution in [0.2, 0.25) is 0 Å². The van der Waals surface area contributed by atoms with Crippen LogP contribution < -0.4 is 10.6 Å². The third-order valence-corrected chi connectivity index (χ3v) is 5.84. The van der Waals surface area contributed by atoms with Gasteiger partial charge in [0.1, 0.15) is 6.04 Å². The molecule has 0 radical (unpaired) electrons. The molecule has 27 heavy (non-hydrogen) atoms. The average molecular weight is 397 g/mol. The number of carbonyl (C=O) groups is 3. The molecule has 0 unspecified atom stereocenters. The lowest BCUT2D eigenvalue weighted by molar-refractivity contribution is -0.128. The van der Waals surface area contributed by atoms with E-state index in [9.17, 15) is 22.8 Å². The Morgan fingerprint density at radius 1 is 1.15 bits per heavy atom. The predicted octanol–water partition coefficient (Wildman–Crippen LogP) is 0.931. The molecule has 9 heteroatoms. The molecular weight excluding hydrogens is 370 g/mol. The average Bonchev–Trinajstić information content (AvgIpc) is 2.61. The fourth-order valence-corrected chi connectivity index (χ4v) is 3.54. The third-order valence-electron chi connectivity index (χ3n) is 3.97. The molecule has 2 N–H and O–H groups in total. The van der Waals surface area contributed by atoms with Crippen LogP contribution in [0.3, 0.4) is 0 Å². The lowest BCUT2D eigenvalue weighted by Gasteiger charge is -2.18. The van der Waals surface area contributed by atoms with E-state index in [0.29, 0.717) is 18.5 Å². The fraction of sp³-hybridized carbons (Fsp3) is 0.500. The maximum Gasteiger partial charge on any atom is 0.242 e. The quantitative estimate of drug-likeness (QED) is 0.570. The molecule has 0 aliphatic heterocycles. The highest BCUT2D eigenvalue weighted by atomic mass is 32.2. The van der Waals surface area contributed by atoms with Gasteiger partial charge in [-0.15, -0.1) is 0 Å². The SMILES string of the molecule is CCNC(=O)[C@@H](C)NC(=O)CCCN(C)S(=O)(=O)c1ccc(C(C)=O)cc1. The minimum Gasteiger partial charge on any atom is -0.355 e. The van der Waals surface area contributed by atoms with Crippen molar-refractivity contribution in [3.63, 3.8) is 0 Å². The summed E-state index contributed by atoms with van der Waals surface area (Å²) in [5.74, 6) is -0.718. The van der Waals surface area contributed by atoms with Gasteiger partial charge < -0.3 is 10.6 Å². The molecule has 0 aliphatic carbocycles. The number of ketones is 1. The van der Waals surface area contributed by atoms with Crippen LogP contribution in [0.4, 0.5) is 0 Å². The van der Waals surface area contributed by atoms with Gasteiger partial charge in [0.15, 0.2) is 5.78 Å². The first kappa shape index (κ1) is 22.8. The molecule has 1 aromatic carbocycles. The van der Waals surface area contributed by atoms with Crippen LogP contribution >= 0.6 is 0 Å². The van der Waals surface area contributed by atoms with Crippen molar-refractivity contribution in [3.8, 4) is 0 Å². The first-order valence-electron chi connectivity index (χ1n) is 8.74. The third kappa shape index (κ3) is 6.76. The van der Waals surface area contributed by atoms with Crippen molar-refractivity contribution in [2.75, 3.05) is 20.1 Å². The number of likely N-dealkylation sites (N-methyl/N-ethyl adjacent to an activating group) is 1. The largest absolute Gasteiger partial charge is 0.355 e. The Balaban J connectivity index is 2.55. The van der Waals surface area contributed by atoms with Gasteiger partial charge >= 0.3 is 0 Å². The maximum atomic E-state index is 12.5. The molecule has 0 fully saturated rings. The van der Waals surface area contributed by atoms with E-state index in [1.54, 1.807) is 13.8 Å². The van der Waals surface area contributed by atoms with Crippen LogP contribution in [-0.2, 0) is 19.6 Å². The Labute approximate surface area is 160 Å². The summed E-state index contributed by atoms with van der Waals surface area (Å²) >= 11 is 0. The van der Waals surface area contributed by atoms with E-state index in [2.05, 4.69) is 10.6 Å². The van der Waals surface area contributed by atoms with E-state index in [1.165, 1.54) is 38.2 Å². The van der Waals surface area contributed by atoms with Crippen molar-refractivity contribution >= 4 is 27.6 Å². The molecule has 0 saturated carbocycles. The van der Waals surface area contributed by atoms with Gasteiger partial charge in [0.05, 0.1) is 4.90 Å². The molecule has 1 atom stereocenters. The summed E-state index contributed by atoms with van der Waals surface area (Å²) < 4.78 is 26.2. The second-order valence-corrected chi connectivity index (χ2v) is 8.24. The Bertz CT molecular complexity index is 775. The Morgan fingerprint density at radius 2 is 1.74 bits per heavy atom. The number of nitrogens with one attached hydrogen (secondary N) is 2.